The summed E-state index contributed by atoms with van der Waals surface area (Å²) in [5.74, 6) is 0.865. The molecule has 0 aromatic carbocycles. The van der Waals surface area contributed by atoms with E-state index in [-0.39, 0.29) is 0 Å². The number of nitrogens with two attached hydrogens (primary N) is 1. The predicted molar refractivity (Wildman–Crippen MR) is 67.8 cm³/mol. The summed E-state index contributed by atoms with van der Waals surface area (Å²) >= 11 is 0. The van der Waals surface area contributed by atoms with Gasteiger partial charge < -0.3 is 5.64 Å². The molecule has 0 aliphatic rings. The normalized spacial score (nSPS) is 10.9. The Bertz CT molecular complexity index is 115. The lowest BCUT2D eigenvalue weighted by atomic mass is 9.56. The zero-order valence-electron chi connectivity index (χ0n) is 10.4. The second-order valence-corrected chi connectivity index (χ2v) is 4.93. The van der Waals surface area contributed by atoms with Crippen LogP contribution in [0.1, 0.15) is 59.3 Å². The van der Waals surface area contributed by atoms with Crippen molar-refractivity contribution in [2.45, 2.75) is 71.9 Å². The van der Waals surface area contributed by atoms with Gasteiger partial charge in [0, 0.05) is 0 Å². The molecule has 0 atom stereocenters. The molecule has 1 nitrogen and oxygen atoms in total. The van der Waals surface area contributed by atoms with Crippen molar-refractivity contribution in [3.8, 4) is 0 Å². The summed E-state index contributed by atoms with van der Waals surface area (Å²) < 4.78 is 0. The van der Waals surface area contributed by atoms with E-state index in [1.54, 1.807) is 0 Å². The van der Waals surface area contributed by atoms with Crippen molar-refractivity contribution >= 4 is 6.85 Å². The van der Waals surface area contributed by atoms with E-state index in [0.717, 1.165) is 5.92 Å². The summed E-state index contributed by atoms with van der Waals surface area (Å²) in [6.07, 6.45) is 10.5. The molecular weight excluding hydrogens is 169 g/mol. The molecule has 0 aromatic heterocycles. The minimum Gasteiger partial charge on any atom is -0.370 e. The molecule has 0 heterocycles. The summed E-state index contributed by atoms with van der Waals surface area (Å²) in [5, 5.41) is 0. The Morgan fingerprint density at radius 3 is 2.21 bits per heavy atom. The van der Waals surface area contributed by atoms with Crippen molar-refractivity contribution in [3.05, 3.63) is 0 Å². The highest BCUT2D eigenvalue weighted by Gasteiger charge is 2.06. The van der Waals surface area contributed by atoms with Gasteiger partial charge in [-0.3, -0.25) is 0 Å². The van der Waals surface area contributed by atoms with Crippen molar-refractivity contribution in [1.29, 1.82) is 0 Å². The number of unbranched alkanes of at least 4 members (excludes halogenated alkanes) is 3. The summed E-state index contributed by atoms with van der Waals surface area (Å²) in [5.41, 5.74) is 6.00. The molecule has 0 saturated heterocycles. The van der Waals surface area contributed by atoms with E-state index >= 15 is 0 Å². The third-order valence-electron chi connectivity index (χ3n) is 2.78. The van der Waals surface area contributed by atoms with Crippen LogP contribution in [0, 0.1) is 5.92 Å². The van der Waals surface area contributed by atoms with Crippen molar-refractivity contribution in [2.75, 3.05) is 0 Å². The first-order chi connectivity index (χ1) is 6.66. The van der Waals surface area contributed by atoms with Gasteiger partial charge in [-0.25, -0.2) is 0 Å². The third kappa shape index (κ3) is 10.1. The monoisotopic (exact) mass is 197 g/mol. The Balaban J connectivity index is 3.10. The second kappa shape index (κ2) is 9.58. The molecule has 0 unspecified atom stereocenters. The predicted octanol–water partition coefficient (Wildman–Crippen LogP) is 3.95. The van der Waals surface area contributed by atoms with Crippen LogP contribution in [0.5, 0.6) is 0 Å². The van der Waals surface area contributed by atoms with Crippen LogP contribution in [-0.2, 0) is 0 Å². The highest BCUT2D eigenvalue weighted by atomic mass is 14.4. The van der Waals surface area contributed by atoms with Gasteiger partial charge >= 0.3 is 0 Å². The van der Waals surface area contributed by atoms with Crippen LogP contribution >= 0.6 is 0 Å². The van der Waals surface area contributed by atoms with Crippen LogP contribution in [0.4, 0.5) is 0 Å². The Hall–Kier alpha value is 0.0249. The molecule has 0 fully saturated rings. The van der Waals surface area contributed by atoms with Crippen LogP contribution in [0.25, 0.3) is 0 Å². The highest BCUT2D eigenvalue weighted by Crippen LogP contribution is 2.11. The average molecular weight is 197 g/mol. The Kier molecular flexibility index (Phi) is 9.59. The van der Waals surface area contributed by atoms with Crippen molar-refractivity contribution in [3.63, 3.8) is 0 Å². The van der Waals surface area contributed by atoms with Gasteiger partial charge in [0.05, 0.1) is 0 Å². The standard InChI is InChI=1S/C12H28BN/c1-4-5-10-13(14)11-8-6-7-9-12(2)3/h12H,4-11,14H2,1-3H3. The Morgan fingerprint density at radius 1 is 1.00 bits per heavy atom. The van der Waals surface area contributed by atoms with Gasteiger partial charge in [0.2, 0.25) is 6.85 Å². The smallest absolute Gasteiger partial charge is 0.217 e. The zero-order chi connectivity index (χ0) is 10.8. The van der Waals surface area contributed by atoms with Gasteiger partial charge in [-0.15, -0.1) is 0 Å². The molecular formula is C12H28BN. The maximum absolute atomic E-state index is 6.00. The molecule has 0 amide bonds. The number of hydrogen-bond acceptors (Lipinski definition) is 1. The van der Waals surface area contributed by atoms with Gasteiger partial charge in [0.1, 0.15) is 0 Å². The minimum absolute atomic E-state index is 0.467. The fourth-order valence-corrected chi connectivity index (χ4v) is 1.75. The summed E-state index contributed by atoms with van der Waals surface area (Å²) in [6, 6.07) is 0. The lowest BCUT2D eigenvalue weighted by Gasteiger charge is -2.07. The first kappa shape index (κ1) is 14.0. The van der Waals surface area contributed by atoms with Crippen LogP contribution in [0.15, 0.2) is 0 Å². The summed E-state index contributed by atoms with van der Waals surface area (Å²) in [7, 11) is 0. The third-order valence-corrected chi connectivity index (χ3v) is 2.78. The van der Waals surface area contributed by atoms with Crippen LogP contribution in [-0.4, -0.2) is 6.85 Å². The Labute approximate surface area is 90.9 Å². The molecule has 0 saturated carbocycles. The van der Waals surface area contributed by atoms with E-state index in [4.69, 9.17) is 5.64 Å². The SMILES string of the molecule is CCCCB(N)CCCCCC(C)C. The topological polar surface area (TPSA) is 26.0 Å². The van der Waals surface area contributed by atoms with E-state index in [2.05, 4.69) is 20.8 Å². The molecule has 14 heavy (non-hydrogen) atoms. The van der Waals surface area contributed by atoms with Crippen molar-refractivity contribution < 1.29 is 0 Å². The fraction of sp³-hybridized carbons (Fsp3) is 1.00. The molecule has 0 aromatic rings. The molecule has 0 rings (SSSR count). The molecule has 0 radical (unpaired) electrons. The van der Waals surface area contributed by atoms with E-state index in [1.165, 1.54) is 51.2 Å². The number of rotatable bonds is 9. The lowest BCUT2D eigenvalue weighted by molar-refractivity contribution is 0.534. The summed E-state index contributed by atoms with van der Waals surface area (Å²) in [4.78, 5) is 0. The molecule has 0 aliphatic carbocycles. The first-order valence-corrected chi connectivity index (χ1v) is 6.42. The van der Waals surface area contributed by atoms with Gasteiger partial charge in [0.15, 0.2) is 0 Å². The highest BCUT2D eigenvalue weighted by molar-refractivity contribution is 6.55. The van der Waals surface area contributed by atoms with E-state index in [9.17, 15) is 0 Å². The average Bonchev–Trinajstić information content (AvgIpc) is 2.13. The fourth-order valence-electron chi connectivity index (χ4n) is 1.75. The largest absolute Gasteiger partial charge is 0.370 e. The minimum atomic E-state index is 0.467. The van der Waals surface area contributed by atoms with Gasteiger partial charge in [0.25, 0.3) is 0 Å². The van der Waals surface area contributed by atoms with Crippen molar-refractivity contribution in [2.24, 2.45) is 11.6 Å². The molecule has 84 valence electrons. The van der Waals surface area contributed by atoms with E-state index < -0.39 is 0 Å². The van der Waals surface area contributed by atoms with Gasteiger partial charge in [-0.05, 0) is 5.92 Å². The number of hydrogen-bond donors (Lipinski definition) is 1. The van der Waals surface area contributed by atoms with Gasteiger partial charge in [-0.2, -0.15) is 0 Å². The maximum atomic E-state index is 6.00. The van der Waals surface area contributed by atoms with Crippen LogP contribution in [0.2, 0.25) is 12.6 Å². The van der Waals surface area contributed by atoms with Gasteiger partial charge in [-0.1, -0.05) is 71.9 Å². The van der Waals surface area contributed by atoms with E-state index in [1.807, 2.05) is 0 Å². The molecule has 0 spiro atoms. The van der Waals surface area contributed by atoms with E-state index in [0.29, 0.717) is 6.85 Å². The molecule has 2 N–H and O–H groups in total. The second-order valence-electron chi connectivity index (χ2n) is 4.93. The summed E-state index contributed by atoms with van der Waals surface area (Å²) in [6.45, 7) is 7.30. The molecule has 2 heteroatoms. The molecule has 0 aliphatic heterocycles. The quantitative estimate of drug-likeness (QED) is 0.439. The Morgan fingerprint density at radius 2 is 1.64 bits per heavy atom. The van der Waals surface area contributed by atoms with Crippen LogP contribution in [0.3, 0.4) is 0 Å². The zero-order valence-corrected chi connectivity index (χ0v) is 10.4. The van der Waals surface area contributed by atoms with Crippen LogP contribution < -0.4 is 5.64 Å². The maximum Gasteiger partial charge on any atom is 0.217 e. The van der Waals surface area contributed by atoms with Crippen molar-refractivity contribution in [1.82, 2.24) is 0 Å². The molecule has 0 bridgehead atoms. The first-order valence-electron chi connectivity index (χ1n) is 6.42. The lowest BCUT2D eigenvalue weighted by Crippen LogP contribution is -2.24.